The Balaban J connectivity index is 1.81. The Morgan fingerprint density at radius 1 is 1.44 bits per heavy atom. The van der Waals surface area contributed by atoms with Crippen molar-refractivity contribution < 1.29 is 0 Å². The fourth-order valence-corrected chi connectivity index (χ4v) is 3.08. The second-order valence-corrected chi connectivity index (χ2v) is 5.93. The summed E-state index contributed by atoms with van der Waals surface area (Å²) in [4.78, 5) is 6.86. The molecule has 98 valence electrons. The van der Waals surface area contributed by atoms with E-state index in [0.29, 0.717) is 17.2 Å². The highest BCUT2D eigenvalue weighted by atomic mass is 35.5. The molecular formula is C14H20ClN3. The van der Waals surface area contributed by atoms with Crippen molar-refractivity contribution in [3.8, 4) is 0 Å². The number of hydrogen-bond donors (Lipinski definition) is 1. The van der Waals surface area contributed by atoms with E-state index < -0.39 is 0 Å². The van der Waals surface area contributed by atoms with E-state index in [4.69, 9.17) is 11.6 Å². The summed E-state index contributed by atoms with van der Waals surface area (Å²) in [5.41, 5.74) is 1.33. The summed E-state index contributed by atoms with van der Waals surface area (Å²) in [6.07, 6.45) is 4.66. The van der Waals surface area contributed by atoms with E-state index in [9.17, 15) is 0 Å². The number of nitrogens with one attached hydrogen (secondary N) is 1. The Hall–Kier alpha value is -0.640. The van der Waals surface area contributed by atoms with Crippen LogP contribution in [0.2, 0.25) is 5.15 Å². The first-order valence-electron chi connectivity index (χ1n) is 6.83. The fraction of sp³-hybridized carbons (Fsp3) is 0.643. The molecule has 0 bridgehead atoms. The summed E-state index contributed by atoms with van der Waals surface area (Å²) in [5, 5.41) is 4.09. The molecule has 3 nitrogen and oxygen atoms in total. The zero-order valence-electron chi connectivity index (χ0n) is 10.8. The third-order valence-corrected chi connectivity index (χ3v) is 4.18. The molecule has 1 saturated carbocycles. The summed E-state index contributed by atoms with van der Waals surface area (Å²) in [6.45, 7) is 5.61. The van der Waals surface area contributed by atoms with Gasteiger partial charge in [0.25, 0.3) is 0 Å². The zero-order chi connectivity index (χ0) is 12.5. The maximum absolute atomic E-state index is 5.89. The van der Waals surface area contributed by atoms with E-state index in [1.54, 1.807) is 0 Å². The van der Waals surface area contributed by atoms with Gasteiger partial charge in [0.2, 0.25) is 0 Å². The molecule has 1 aliphatic heterocycles. The van der Waals surface area contributed by atoms with Crippen LogP contribution in [0.15, 0.2) is 18.3 Å². The Labute approximate surface area is 114 Å². The number of aromatic nitrogens is 1. The van der Waals surface area contributed by atoms with E-state index in [-0.39, 0.29) is 0 Å². The zero-order valence-corrected chi connectivity index (χ0v) is 11.5. The molecule has 0 spiro atoms. The fourth-order valence-electron chi connectivity index (χ4n) is 2.97. The third-order valence-electron chi connectivity index (χ3n) is 3.95. The molecule has 1 aromatic rings. The molecule has 2 unspecified atom stereocenters. The van der Waals surface area contributed by atoms with Gasteiger partial charge in [-0.2, -0.15) is 0 Å². The first-order chi connectivity index (χ1) is 8.74. The van der Waals surface area contributed by atoms with Gasteiger partial charge in [-0.25, -0.2) is 4.98 Å². The molecule has 0 radical (unpaired) electrons. The first-order valence-corrected chi connectivity index (χ1v) is 7.21. The van der Waals surface area contributed by atoms with Gasteiger partial charge in [-0.3, -0.25) is 4.90 Å². The number of halogens is 1. The molecule has 4 heteroatoms. The molecule has 2 fully saturated rings. The number of pyridine rings is 1. The standard InChI is InChI=1S/C14H20ClN3/c1-10-9-18(7-6-16-10)14(11-2-3-11)12-4-5-13(15)17-8-12/h4-5,8,10-11,14,16H,2-3,6-7,9H2,1H3. The van der Waals surface area contributed by atoms with Gasteiger partial charge in [0.1, 0.15) is 5.15 Å². The van der Waals surface area contributed by atoms with Crippen LogP contribution in [-0.2, 0) is 0 Å². The quantitative estimate of drug-likeness (QED) is 0.851. The Morgan fingerprint density at radius 3 is 2.89 bits per heavy atom. The van der Waals surface area contributed by atoms with E-state index in [1.807, 2.05) is 12.3 Å². The van der Waals surface area contributed by atoms with Crippen molar-refractivity contribution in [1.29, 1.82) is 0 Å². The molecule has 2 heterocycles. The first kappa shape index (κ1) is 12.4. The molecule has 1 saturated heterocycles. The van der Waals surface area contributed by atoms with Crippen LogP contribution >= 0.6 is 11.6 Å². The molecule has 3 rings (SSSR count). The molecule has 2 aliphatic rings. The van der Waals surface area contributed by atoms with Crippen molar-refractivity contribution in [1.82, 2.24) is 15.2 Å². The summed E-state index contributed by atoms with van der Waals surface area (Å²) in [6, 6.07) is 5.18. The lowest BCUT2D eigenvalue weighted by Gasteiger charge is -2.38. The number of nitrogens with zero attached hydrogens (tertiary/aromatic N) is 2. The summed E-state index contributed by atoms with van der Waals surface area (Å²) in [7, 11) is 0. The normalized spacial score (nSPS) is 27.1. The molecule has 0 aromatic carbocycles. The van der Waals surface area contributed by atoms with Crippen LogP contribution < -0.4 is 5.32 Å². The minimum atomic E-state index is 0.541. The van der Waals surface area contributed by atoms with Gasteiger partial charge in [0, 0.05) is 37.9 Å². The van der Waals surface area contributed by atoms with E-state index in [2.05, 4.69) is 28.2 Å². The third kappa shape index (κ3) is 2.68. The van der Waals surface area contributed by atoms with Crippen molar-refractivity contribution >= 4 is 11.6 Å². The predicted molar refractivity (Wildman–Crippen MR) is 73.7 cm³/mol. The minimum absolute atomic E-state index is 0.541. The van der Waals surface area contributed by atoms with Crippen molar-refractivity contribution in [2.45, 2.75) is 31.8 Å². The number of piperazine rings is 1. The Kier molecular flexibility index (Phi) is 3.55. The average molecular weight is 266 g/mol. The highest BCUT2D eigenvalue weighted by Gasteiger charge is 2.37. The predicted octanol–water partition coefficient (Wildman–Crippen LogP) is 2.48. The second-order valence-electron chi connectivity index (χ2n) is 5.55. The van der Waals surface area contributed by atoms with Crippen LogP contribution in [0.1, 0.15) is 31.4 Å². The van der Waals surface area contributed by atoms with Gasteiger partial charge in [0.05, 0.1) is 0 Å². The number of rotatable bonds is 3. The molecule has 1 aliphatic carbocycles. The lowest BCUT2D eigenvalue weighted by molar-refractivity contribution is 0.133. The van der Waals surface area contributed by atoms with Crippen molar-refractivity contribution in [2.75, 3.05) is 19.6 Å². The maximum atomic E-state index is 5.89. The lowest BCUT2D eigenvalue weighted by atomic mass is 10.0. The van der Waals surface area contributed by atoms with Crippen LogP contribution in [0.5, 0.6) is 0 Å². The van der Waals surface area contributed by atoms with Crippen LogP contribution in [-0.4, -0.2) is 35.6 Å². The van der Waals surface area contributed by atoms with Gasteiger partial charge in [-0.05, 0) is 37.3 Å². The minimum Gasteiger partial charge on any atom is -0.312 e. The summed E-state index contributed by atoms with van der Waals surface area (Å²) < 4.78 is 0. The van der Waals surface area contributed by atoms with E-state index in [0.717, 1.165) is 25.6 Å². The van der Waals surface area contributed by atoms with Gasteiger partial charge >= 0.3 is 0 Å². The smallest absolute Gasteiger partial charge is 0.129 e. The van der Waals surface area contributed by atoms with Gasteiger partial charge in [-0.15, -0.1) is 0 Å². The van der Waals surface area contributed by atoms with E-state index >= 15 is 0 Å². The average Bonchev–Trinajstić information content (AvgIpc) is 3.17. The topological polar surface area (TPSA) is 28.2 Å². The molecule has 2 atom stereocenters. The molecule has 1 N–H and O–H groups in total. The highest BCUT2D eigenvalue weighted by Crippen LogP contribution is 2.44. The molecule has 18 heavy (non-hydrogen) atoms. The van der Waals surface area contributed by atoms with E-state index in [1.165, 1.54) is 18.4 Å². The van der Waals surface area contributed by atoms with Gasteiger partial charge in [-0.1, -0.05) is 17.7 Å². The Morgan fingerprint density at radius 2 is 2.28 bits per heavy atom. The van der Waals surface area contributed by atoms with Crippen LogP contribution in [0, 0.1) is 5.92 Å². The molecular weight excluding hydrogens is 246 g/mol. The second kappa shape index (κ2) is 5.16. The Bertz CT molecular complexity index is 402. The SMILES string of the molecule is CC1CN(C(c2ccc(Cl)nc2)C2CC2)CCN1. The lowest BCUT2D eigenvalue weighted by Crippen LogP contribution is -2.50. The summed E-state index contributed by atoms with van der Waals surface area (Å²) in [5.74, 6) is 0.818. The highest BCUT2D eigenvalue weighted by molar-refractivity contribution is 6.29. The van der Waals surface area contributed by atoms with Crippen molar-refractivity contribution in [3.05, 3.63) is 29.0 Å². The van der Waals surface area contributed by atoms with Crippen molar-refractivity contribution in [3.63, 3.8) is 0 Å². The van der Waals surface area contributed by atoms with Crippen molar-refractivity contribution in [2.24, 2.45) is 5.92 Å². The molecule has 0 amide bonds. The van der Waals surface area contributed by atoms with Gasteiger partial charge in [0.15, 0.2) is 0 Å². The largest absolute Gasteiger partial charge is 0.312 e. The maximum Gasteiger partial charge on any atom is 0.129 e. The van der Waals surface area contributed by atoms with Gasteiger partial charge < -0.3 is 5.32 Å². The van der Waals surface area contributed by atoms with Crippen LogP contribution in [0.4, 0.5) is 0 Å². The summed E-state index contributed by atoms with van der Waals surface area (Å²) >= 11 is 5.89. The molecule has 1 aromatic heterocycles. The van der Waals surface area contributed by atoms with Crippen LogP contribution in [0.3, 0.4) is 0 Å². The van der Waals surface area contributed by atoms with Crippen LogP contribution in [0.25, 0.3) is 0 Å². The number of hydrogen-bond acceptors (Lipinski definition) is 3. The monoisotopic (exact) mass is 265 g/mol.